The first-order valence-electron chi connectivity index (χ1n) is 8.30. The fraction of sp³-hybridized carbons (Fsp3) is 0.167. The summed E-state index contributed by atoms with van der Waals surface area (Å²) < 4.78 is 72.8. The van der Waals surface area contributed by atoms with Crippen LogP contribution in [0.3, 0.4) is 0 Å². The van der Waals surface area contributed by atoms with Crippen molar-refractivity contribution < 1.29 is 34.3 Å². The van der Waals surface area contributed by atoms with E-state index in [1.54, 1.807) is 26.0 Å². The van der Waals surface area contributed by atoms with Crippen LogP contribution in [0.25, 0.3) is 22.0 Å². The van der Waals surface area contributed by atoms with Crippen molar-refractivity contribution in [1.29, 1.82) is 0 Å². The predicted octanol–water partition coefficient (Wildman–Crippen LogP) is 3.39. The number of para-hydroxylation sites is 1. The number of rotatable bonds is 6. The number of fused-ring (bicyclic) bond motifs is 1. The number of benzene rings is 2. The third-order valence-corrected chi connectivity index (χ3v) is 4.78. The van der Waals surface area contributed by atoms with Gasteiger partial charge in [0.15, 0.2) is 11.5 Å². The lowest BCUT2D eigenvalue weighted by Crippen LogP contribution is -2.13. The molecule has 0 atom stereocenters. The van der Waals surface area contributed by atoms with E-state index in [1.165, 1.54) is 18.3 Å². The van der Waals surface area contributed by atoms with Crippen LogP contribution in [-0.2, 0) is 20.8 Å². The molecular weight excluding hydrogens is 422 g/mol. The number of pyridine rings is 1. The van der Waals surface area contributed by atoms with E-state index in [1.807, 2.05) is 18.2 Å². The van der Waals surface area contributed by atoms with Gasteiger partial charge >= 0.3 is 20.8 Å². The van der Waals surface area contributed by atoms with Crippen LogP contribution in [0.2, 0.25) is 0 Å². The first-order chi connectivity index (χ1) is 13.4. The Morgan fingerprint density at radius 3 is 1.93 bits per heavy atom. The third-order valence-electron chi connectivity index (χ3n) is 4.00. The summed E-state index contributed by atoms with van der Waals surface area (Å²) in [6, 6.07) is 11.6. The molecule has 0 spiro atoms. The minimum absolute atomic E-state index is 0.0257. The minimum Gasteiger partial charge on any atom is -0.361 e. The molecule has 29 heavy (non-hydrogen) atoms. The number of hydrogen-bond donors (Lipinski definition) is 2. The molecule has 3 rings (SSSR count). The summed E-state index contributed by atoms with van der Waals surface area (Å²) >= 11 is 0. The van der Waals surface area contributed by atoms with Gasteiger partial charge in [-0.25, -0.2) is 0 Å². The molecule has 11 heteroatoms. The highest BCUT2D eigenvalue weighted by Crippen LogP contribution is 2.41. The lowest BCUT2D eigenvalue weighted by molar-refractivity contribution is 0.377. The van der Waals surface area contributed by atoms with Gasteiger partial charge in [-0.15, -0.1) is 0 Å². The quantitative estimate of drug-likeness (QED) is 0.553. The van der Waals surface area contributed by atoms with Crippen LogP contribution in [0.4, 0.5) is 0 Å². The van der Waals surface area contributed by atoms with Crippen LogP contribution >= 0.6 is 0 Å². The summed E-state index contributed by atoms with van der Waals surface area (Å²) in [6.07, 6.45) is 1.50. The Hall–Kier alpha value is -2.73. The average molecular weight is 439 g/mol. The zero-order valence-corrected chi connectivity index (χ0v) is 16.9. The number of hydrogen-bond acceptors (Lipinski definition) is 7. The number of nitrogens with zero attached hydrogens (tertiary/aromatic N) is 1. The molecule has 1 heterocycles. The van der Waals surface area contributed by atoms with Crippen molar-refractivity contribution >= 4 is 31.7 Å². The fourth-order valence-electron chi connectivity index (χ4n) is 2.93. The van der Waals surface area contributed by atoms with Gasteiger partial charge in [-0.3, -0.25) is 14.1 Å². The second-order valence-electron chi connectivity index (χ2n) is 6.48. The van der Waals surface area contributed by atoms with Gasteiger partial charge in [-0.05, 0) is 35.7 Å². The SMILES string of the molecule is CC(C)c1c(OS(=O)(=O)O)cc(-c2cnc3ccccc3c2)cc1OS(=O)(=O)O. The van der Waals surface area contributed by atoms with Gasteiger partial charge in [0.1, 0.15) is 0 Å². The molecule has 0 bridgehead atoms. The Morgan fingerprint density at radius 2 is 1.41 bits per heavy atom. The lowest BCUT2D eigenvalue weighted by Gasteiger charge is -2.18. The zero-order chi connectivity index (χ0) is 21.4. The van der Waals surface area contributed by atoms with Gasteiger partial charge < -0.3 is 8.37 Å². The largest absolute Gasteiger partial charge is 0.446 e. The molecule has 0 amide bonds. The molecule has 2 N–H and O–H groups in total. The van der Waals surface area contributed by atoms with Gasteiger partial charge in [-0.2, -0.15) is 16.8 Å². The highest BCUT2D eigenvalue weighted by atomic mass is 32.3. The van der Waals surface area contributed by atoms with Gasteiger partial charge in [0.2, 0.25) is 0 Å². The summed E-state index contributed by atoms with van der Waals surface area (Å²) in [6.45, 7) is 3.25. The Kier molecular flexibility index (Phi) is 5.50. The molecule has 0 radical (unpaired) electrons. The molecule has 1 aromatic heterocycles. The average Bonchev–Trinajstić information content (AvgIpc) is 2.57. The summed E-state index contributed by atoms with van der Waals surface area (Å²) in [7, 11) is -9.82. The van der Waals surface area contributed by atoms with E-state index in [2.05, 4.69) is 13.4 Å². The molecule has 3 aromatic rings. The molecule has 0 saturated heterocycles. The van der Waals surface area contributed by atoms with Crippen LogP contribution in [0.1, 0.15) is 25.3 Å². The monoisotopic (exact) mass is 439 g/mol. The van der Waals surface area contributed by atoms with Crippen LogP contribution in [0.5, 0.6) is 11.5 Å². The lowest BCUT2D eigenvalue weighted by atomic mass is 9.96. The maximum absolute atomic E-state index is 11.3. The van der Waals surface area contributed by atoms with E-state index in [4.69, 9.17) is 9.11 Å². The highest BCUT2D eigenvalue weighted by molar-refractivity contribution is 7.81. The maximum atomic E-state index is 11.3. The highest BCUT2D eigenvalue weighted by Gasteiger charge is 2.24. The van der Waals surface area contributed by atoms with Crippen molar-refractivity contribution in [2.75, 3.05) is 0 Å². The Bertz CT molecular complexity index is 1230. The smallest absolute Gasteiger partial charge is 0.361 e. The zero-order valence-electron chi connectivity index (χ0n) is 15.3. The van der Waals surface area contributed by atoms with Gasteiger partial charge in [-0.1, -0.05) is 32.0 Å². The normalized spacial score (nSPS) is 12.3. The topological polar surface area (TPSA) is 140 Å². The van der Waals surface area contributed by atoms with Crippen molar-refractivity contribution in [3.63, 3.8) is 0 Å². The Morgan fingerprint density at radius 1 is 0.862 bits per heavy atom. The third kappa shape index (κ3) is 5.21. The first-order valence-corrected chi connectivity index (χ1v) is 11.0. The van der Waals surface area contributed by atoms with E-state index >= 15 is 0 Å². The van der Waals surface area contributed by atoms with Crippen LogP contribution in [0.15, 0.2) is 48.7 Å². The second kappa shape index (κ2) is 7.59. The van der Waals surface area contributed by atoms with E-state index in [9.17, 15) is 16.8 Å². The molecule has 9 nitrogen and oxygen atoms in total. The summed E-state index contributed by atoms with van der Waals surface area (Å²) in [5, 5.41) is 0.785. The van der Waals surface area contributed by atoms with Crippen molar-refractivity contribution in [1.82, 2.24) is 4.98 Å². The molecule has 0 fully saturated rings. The Labute approximate surface area is 167 Å². The summed E-state index contributed by atoms with van der Waals surface area (Å²) in [5.74, 6) is -1.16. The van der Waals surface area contributed by atoms with Crippen molar-refractivity contribution in [2.24, 2.45) is 0 Å². The fourth-order valence-corrected chi connectivity index (χ4v) is 3.66. The minimum atomic E-state index is -4.91. The maximum Gasteiger partial charge on any atom is 0.446 e. The van der Waals surface area contributed by atoms with E-state index in [0.717, 1.165) is 10.9 Å². The molecule has 0 aliphatic carbocycles. The molecule has 0 saturated carbocycles. The number of aromatic nitrogens is 1. The molecule has 0 unspecified atom stereocenters. The Balaban J connectivity index is 2.27. The van der Waals surface area contributed by atoms with Crippen molar-refractivity contribution in [2.45, 2.75) is 19.8 Å². The van der Waals surface area contributed by atoms with E-state index in [0.29, 0.717) is 11.1 Å². The van der Waals surface area contributed by atoms with Crippen molar-refractivity contribution in [3.8, 4) is 22.6 Å². The molecule has 0 aliphatic rings. The predicted molar refractivity (Wildman–Crippen MR) is 106 cm³/mol. The second-order valence-corrected chi connectivity index (χ2v) is 8.52. The molecular formula is C18H17NO8S2. The van der Waals surface area contributed by atoms with Gasteiger partial charge in [0, 0.05) is 22.7 Å². The van der Waals surface area contributed by atoms with Crippen LogP contribution in [0, 0.1) is 0 Å². The van der Waals surface area contributed by atoms with Crippen molar-refractivity contribution in [3.05, 3.63) is 54.2 Å². The molecule has 2 aromatic carbocycles. The molecule has 154 valence electrons. The van der Waals surface area contributed by atoms with Crippen LogP contribution in [-0.4, -0.2) is 30.9 Å². The van der Waals surface area contributed by atoms with Crippen LogP contribution < -0.4 is 8.37 Å². The van der Waals surface area contributed by atoms with E-state index in [-0.39, 0.29) is 17.1 Å². The summed E-state index contributed by atoms with van der Waals surface area (Å²) in [5.41, 5.74) is 1.54. The first kappa shape index (κ1) is 21.0. The van der Waals surface area contributed by atoms with Gasteiger partial charge in [0.25, 0.3) is 0 Å². The van der Waals surface area contributed by atoms with E-state index < -0.39 is 26.7 Å². The van der Waals surface area contributed by atoms with Gasteiger partial charge in [0.05, 0.1) is 5.52 Å². The standard InChI is InChI=1S/C18H17NO8S2/c1-11(2)18-16(26-28(20,21)22)8-13(9-17(18)27-29(23,24)25)14-7-12-5-3-4-6-15(12)19-10-14/h3-11H,1-2H3,(H,20,21,22)(H,23,24,25). The molecule has 0 aliphatic heterocycles. The summed E-state index contributed by atoms with van der Waals surface area (Å²) in [4.78, 5) is 4.31.